The van der Waals surface area contributed by atoms with Crippen LogP contribution in [0.3, 0.4) is 0 Å². The molecule has 4 rings (SSSR count). The number of hydrogen-bond donors (Lipinski definition) is 2. The van der Waals surface area contributed by atoms with Crippen LogP contribution in [0.2, 0.25) is 0 Å². The molecule has 0 amide bonds. The molecule has 0 saturated carbocycles. The maximum absolute atomic E-state index is 11.2. The van der Waals surface area contributed by atoms with Gasteiger partial charge in [-0.15, -0.1) is 0 Å². The van der Waals surface area contributed by atoms with E-state index >= 15 is 0 Å². The second-order valence-corrected chi connectivity index (χ2v) is 5.48. The molecule has 0 atom stereocenters. The van der Waals surface area contributed by atoms with E-state index in [9.17, 15) is 4.79 Å². The van der Waals surface area contributed by atoms with Crippen LogP contribution >= 0.6 is 15.9 Å². The first-order valence-electron chi connectivity index (χ1n) is 6.35. The Balaban J connectivity index is 1.90. The number of aromatic nitrogens is 3. The monoisotopic (exact) mass is 334 g/mol. The second-order valence-electron chi connectivity index (χ2n) is 4.73. The van der Waals surface area contributed by atoms with Gasteiger partial charge in [-0.05, 0) is 34.5 Å². The summed E-state index contributed by atoms with van der Waals surface area (Å²) in [4.78, 5) is 18.4. The normalized spacial score (nSPS) is 14.2. The largest absolute Gasteiger partial charge is 0.417 e. The van der Waals surface area contributed by atoms with E-state index in [0.717, 1.165) is 41.3 Å². The fourth-order valence-corrected chi connectivity index (χ4v) is 3.15. The lowest BCUT2D eigenvalue weighted by atomic mass is 10.1. The molecule has 0 spiro atoms. The van der Waals surface area contributed by atoms with Gasteiger partial charge in [0.2, 0.25) is 5.95 Å². The van der Waals surface area contributed by atoms with E-state index < -0.39 is 5.76 Å². The fraction of sp³-hybridized carbons (Fsp3) is 0.231. The van der Waals surface area contributed by atoms with Crippen LogP contribution in [-0.4, -0.2) is 21.1 Å². The average Bonchev–Trinajstić information content (AvgIpc) is 2.98. The van der Waals surface area contributed by atoms with E-state index in [1.165, 1.54) is 0 Å². The smallest absolute Gasteiger partial charge is 0.408 e. The van der Waals surface area contributed by atoms with Crippen molar-refractivity contribution in [2.75, 3.05) is 11.9 Å². The van der Waals surface area contributed by atoms with Crippen LogP contribution in [0.25, 0.3) is 22.4 Å². The highest BCUT2D eigenvalue weighted by molar-refractivity contribution is 9.10. The standard InChI is InChI=1S/C13H11BrN4O2/c14-11-10(17-12-15-4-1-5-18(11)12)7-2-3-8-9(6-7)20-13(19)16-8/h2-3,6H,1,4-5H2,(H,15,17)(H,16,19). The number of aromatic amines is 1. The van der Waals surface area contributed by atoms with Crippen molar-refractivity contribution in [3.05, 3.63) is 33.4 Å². The highest BCUT2D eigenvalue weighted by Crippen LogP contribution is 2.33. The molecule has 1 aliphatic rings. The van der Waals surface area contributed by atoms with E-state index in [1.807, 2.05) is 18.2 Å². The van der Waals surface area contributed by atoms with Crippen molar-refractivity contribution in [2.45, 2.75) is 13.0 Å². The Bertz CT molecular complexity index is 861. The molecule has 0 saturated heterocycles. The summed E-state index contributed by atoms with van der Waals surface area (Å²) < 4.78 is 8.14. The molecule has 0 radical (unpaired) electrons. The van der Waals surface area contributed by atoms with Gasteiger partial charge in [0.15, 0.2) is 5.58 Å². The number of imidazole rings is 1. The van der Waals surface area contributed by atoms with Crippen molar-refractivity contribution in [1.29, 1.82) is 0 Å². The van der Waals surface area contributed by atoms with Crippen LogP contribution in [0.15, 0.2) is 32.0 Å². The summed E-state index contributed by atoms with van der Waals surface area (Å²) in [5, 5.41) is 3.28. The minimum absolute atomic E-state index is 0.443. The molecular weight excluding hydrogens is 324 g/mol. The third kappa shape index (κ3) is 1.70. The first kappa shape index (κ1) is 11.8. The maximum atomic E-state index is 11.2. The first-order valence-corrected chi connectivity index (χ1v) is 7.15. The number of fused-ring (bicyclic) bond motifs is 2. The number of oxazole rings is 1. The quantitative estimate of drug-likeness (QED) is 0.717. The molecule has 2 aromatic heterocycles. The van der Waals surface area contributed by atoms with Gasteiger partial charge < -0.3 is 14.3 Å². The molecule has 20 heavy (non-hydrogen) atoms. The van der Waals surface area contributed by atoms with Crippen LogP contribution in [0, 0.1) is 0 Å². The van der Waals surface area contributed by atoms with Crippen LogP contribution < -0.4 is 11.1 Å². The van der Waals surface area contributed by atoms with E-state index in [2.05, 4.69) is 35.8 Å². The highest BCUT2D eigenvalue weighted by Gasteiger charge is 2.19. The molecule has 1 aliphatic heterocycles. The molecule has 0 aliphatic carbocycles. The molecule has 6 nitrogen and oxygen atoms in total. The lowest BCUT2D eigenvalue weighted by Gasteiger charge is -2.15. The number of nitrogens with zero attached hydrogens (tertiary/aromatic N) is 2. The van der Waals surface area contributed by atoms with Gasteiger partial charge in [0, 0.05) is 18.7 Å². The van der Waals surface area contributed by atoms with Gasteiger partial charge in [-0.2, -0.15) is 0 Å². The van der Waals surface area contributed by atoms with Gasteiger partial charge in [0.1, 0.15) is 10.3 Å². The Labute approximate surface area is 121 Å². The molecule has 102 valence electrons. The third-order valence-corrected chi connectivity index (χ3v) is 4.25. The summed E-state index contributed by atoms with van der Waals surface area (Å²) in [6.45, 7) is 1.88. The highest BCUT2D eigenvalue weighted by atomic mass is 79.9. The lowest BCUT2D eigenvalue weighted by Crippen LogP contribution is -2.17. The van der Waals surface area contributed by atoms with Crippen molar-refractivity contribution in [1.82, 2.24) is 14.5 Å². The van der Waals surface area contributed by atoms with Crippen LogP contribution in [-0.2, 0) is 6.54 Å². The maximum Gasteiger partial charge on any atom is 0.417 e. The molecular formula is C13H11BrN4O2. The second kappa shape index (κ2) is 4.24. The molecule has 3 aromatic rings. The van der Waals surface area contributed by atoms with Gasteiger partial charge in [0.25, 0.3) is 0 Å². The van der Waals surface area contributed by atoms with Gasteiger partial charge >= 0.3 is 5.76 Å². The number of H-pyrrole nitrogens is 1. The zero-order chi connectivity index (χ0) is 13.7. The number of rotatable bonds is 1. The lowest BCUT2D eigenvalue weighted by molar-refractivity contribution is 0.555. The SMILES string of the molecule is O=c1[nH]c2ccc(-c3nc4n(c3Br)CCCN4)cc2o1. The fourth-order valence-electron chi connectivity index (χ4n) is 2.49. The Morgan fingerprint density at radius 2 is 2.30 bits per heavy atom. The van der Waals surface area contributed by atoms with E-state index in [-0.39, 0.29) is 0 Å². The molecule has 7 heteroatoms. The van der Waals surface area contributed by atoms with Crippen LogP contribution in [0.1, 0.15) is 6.42 Å². The predicted molar refractivity (Wildman–Crippen MR) is 78.9 cm³/mol. The Morgan fingerprint density at radius 1 is 1.40 bits per heavy atom. The van der Waals surface area contributed by atoms with Gasteiger partial charge in [-0.1, -0.05) is 6.07 Å². The number of nitrogens with one attached hydrogen (secondary N) is 2. The molecule has 1 aromatic carbocycles. The van der Waals surface area contributed by atoms with Crippen molar-refractivity contribution < 1.29 is 4.42 Å². The first-order chi connectivity index (χ1) is 9.72. The molecule has 0 unspecified atom stereocenters. The van der Waals surface area contributed by atoms with E-state index in [0.29, 0.717) is 11.1 Å². The molecule has 3 heterocycles. The number of benzene rings is 1. The van der Waals surface area contributed by atoms with Crippen molar-refractivity contribution in [2.24, 2.45) is 0 Å². The van der Waals surface area contributed by atoms with Gasteiger partial charge in [0.05, 0.1) is 5.52 Å². The third-order valence-electron chi connectivity index (χ3n) is 3.44. The summed E-state index contributed by atoms with van der Waals surface area (Å²) in [6, 6.07) is 5.58. The topological polar surface area (TPSA) is 75.8 Å². The van der Waals surface area contributed by atoms with Crippen molar-refractivity contribution in [3.8, 4) is 11.3 Å². The Kier molecular flexibility index (Phi) is 2.50. The predicted octanol–water partition coefficient (Wildman–Crippen LogP) is 2.56. The summed E-state index contributed by atoms with van der Waals surface area (Å²) in [5.74, 6) is 0.427. The number of hydrogen-bond acceptors (Lipinski definition) is 4. The zero-order valence-electron chi connectivity index (χ0n) is 10.4. The molecule has 2 N–H and O–H groups in total. The molecule has 0 fully saturated rings. The van der Waals surface area contributed by atoms with Crippen molar-refractivity contribution in [3.63, 3.8) is 0 Å². The summed E-state index contributed by atoms with van der Waals surface area (Å²) in [6.07, 6.45) is 1.08. The van der Waals surface area contributed by atoms with E-state index in [4.69, 9.17) is 4.42 Å². The molecule has 0 bridgehead atoms. The average molecular weight is 335 g/mol. The van der Waals surface area contributed by atoms with Gasteiger partial charge in [-0.25, -0.2) is 9.78 Å². The van der Waals surface area contributed by atoms with Gasteiger partial charge in [-0.3, -0.25) is 4.98 Å². The van der Waals surface area contributed by atoms with Crippen LogP contribution in [0.5, 0.6) is 0 Å². The minimum atomic E-state index is -0.443. The van der Waals surface area contributed by atoms with Crippen molar-refractivity contribution >= 4 is 33.0 Å². The summed E-state index contributed by atoms with van der Waals surface area (Å²) in [7, 11) is 0. The summed E-state index contributed by atoms with van der Waals surface area (Å²) >= 11 is 3.60. The summed E-state index contributed by atoms with van der Waals surface area (Å²) in [5.41, 5.74) is 2.99. The zero-order valence-corrected chi connectivity index (χ0v) is 12.0. The Morgan fingerprint density at radius 3 is 3.15 bits per heavy atom. The number of anilines is 1. The van der Waals surface area contributed by atoms with E-state index in [1.54, 1.807) is 0 Å². The Hall–Kier alpha value is -2.02. The minimum Gasteiger partial charge on any atom is -0.408 e. The number of halogens is 1. The van der Waals surface area contributed by atoms with Crippen LogP contribution in [0.4, 0.5) is 5.95 Å².